The van der Waals surface area contributed by atoms with Crippen LogP contribution in [0.3, 0.4) is 0 Å². The van der Waals surface area contributed by atoms with E-state index in [4.69, 9.17) is 19.5 Å². The second-order valence-electron chi connectivity index (χ2n) is 7.84. The Bertz CT molecular complexity index is 657. The van der Waals surface area contributed by atoms with Gasteiger partial charge in [-0.25, -0.2) is 15.0 Å². The van der Waals surface area contributed by atoms with Crippen LogP contribution in [0.15, 0.2) is 28.2 Å². The molecule has 1 radical (unpaired) electrons. The van der Waals surface area contributed by atoms with Gasteiger partial charge in [0, 0.05) is 0 Å². The molecule has 0 N–H and O–H groups in total. The van der Waals surface area contributed by atoms with E-state index in [1.165, 1.54) is 0 Å². The Morgan fingerprint density at radius 1 is 0.815 bits per heavy atom. The molecule has 0 amide bonds. The summed E-state index contributed by atoms with van der Waals surface area (Å²) in [5.41, 5.74) is 1.09. The number of pyridine rings is 1. The SMILES string of the molecule is CC(C)[C@@]1(C)COC(c2cccc(C3=N[C@@](C)(C(C)C)CO3)n2)=N1.[Cl-].[Cl-].[V+2]. The van der Waals surface area contributed by atoms with Gasteiger partial charge in [-0.05, 0) is 37.8 Å². The summed E-state index contributed by atoms with van der Waals surface area (Å²) in [6, 6.07) is 5.79. The summed E-state index contributed by atoms with van der Waals surface area (Å²) >= 11 is 0. The Hall–Kier alpha value is -0.746. The zero-order valence-corrected chi connectivity index (χ0v) is 19.6. The number of hydrogen-bond acceptors (Lipinski definition) is 5. The molecule has 2 aliphatic heterocycles. The summed E-state index contributed by atoms with van der Waals surface area (Å²) in [6.07, 6.45) is 0. The maximum Gasteiger partial charge on any atom is 2.00 e. The van der Waals surface area contributed by atoms with Crippen LogP contribution < -0.4 is 24.8 Å². The van der Waals surface area contributed by atoms with Gasteiger partial charge in [0.2, 0.25) is 11.8 Å². The molecule has 0 spiro atoms. The maximum atomic E-state index is 5.82. The van der Waals surface area contributed by atoms with Crippen LogP contribution in [0.2, 0.25) is 0 Å². The molecule has 0 fully saturated rings. The van der Waals surface area contributed by atoms with Crippen molar-refractivity contribution in [2.45, 2.75) is 52.6 Å². The quantitative estimate of drug-likeness (QED) is 0.508. The van der Waals surface area contributed by atoms with Gasteiger partial charge < -0.3 is 34.3 Å². The number of ether oxygens (including phenoxy) is 2. The molecule has 0 bridgehead atoms. The first kappa shape index (κ1) is 26.3. The third-order valence-electron chi connectivity index (χ3n) is 5.39. The van der Waals surface area contributed by atoms with Gasteiger partial charge in [-0.3, -0.25) is 0 Å². The van der Waals surface area contributed by atoms with Gasteiger partial charge in [-0.2, -0.15) is 0 Å². The van der Waals surface area contributed by atoms with E-state index in [0.717, 1.165) is 11.4 Å². The summed E-state index contributed by atoms with van der Waals surface area (Å²) in [4.78, 5) is 14.2. The summed E-state index contributed by atoms with van der Waals surface area (Å²) in [5, 5.41) is 0. The minimum absolute atomic E-state index is 0. The molecule has 0 aliphatic carbocycles. The van der Waals surface area contributed by atoms with Crippen molar-refractivity contribution in [3.8, 4) is 0 Å². The third-order valence-corrected chi connectivity index (χ3v) is 5.39. The summed E-state index contributed by atoms with van der Waals surface area (Å²) in [6.45, 7) is 14.1. The average Bonchev–Trinajstić information content (AvgIpc) is 3.13. The van der Waals surface area contributed by atoms with Crippen LogP contribution in [0, 0.1) is 11.8 Å². The fraction of sp³-hybridized carbons (Fsp3) is 0.632. The van der Waals surface area contributed by atoms with Crippen molar-refractivity contribution in [2.24, 2.45) is 21.8 Å². The van der Waals surface area contributed by atoms with Crippen molar-refractivity contribution in [1.29, 1.82) is 0 Å². The zero-order chi connectivity index (χ0) is 17.5. The Morgan fingerprint density at radius 3 is 1.48 bits per heavy atom. The molecule has 0 saturated heterocycles. The van der Waals surface area contributed by atoms with E-state index in [-0.39, 0.29) is 54.4 Å². The molecule has 1 aromatic rings. The maximum absolute atomic E-state index is 5.82. The monoisotopic (exact) mass is 450 g/mol. The Kier molecular flexibility index (Phi) is 9.38. The van der Waals surface area contributed by atoms with Crippen LogP contribution in [0.5, 0.6) is 0 Å². The minimum atomic E-state index is -0.190. The van der Waals surface area contributed by atoms with Crippen molar-refractivity contribution in [1.82, 2.24) is 4.98 Å². The summed E-state index contributed by atoms with van der Waals surface area (Å²) < 4.78 is 11.6. The molecular formula is C19H27Cl2N3O2V. The molecule has 2 aliphatic rings. The Balaban J connectivity index is 0.00000225. The van der Waals surface area contributed by atoms with Crippen LogP contribution >= 0.6 is 0 Å². The van der Waals surface area contributed by atoms with Gasteiger partial charge >= 0.3 is 18.6 Å². The predicted molar refractivity (Wildman–Crippen MR) is 95.7 cm³/mol. The molecule has 27 heavy (non-hydrogen) atoms. The van der Waals surface area contributed by atoms with Gasteiger partial charge in [0.1, 0.15) is 24.6 Å². The van der Waals surface area contributed by atoms with Crippen LogP contribution in [0.4, 0.5) is 0 Å². The normalized spacial score (nSPS) is 26.2. The molecule has 0 unspecified atom stereocenters. The van der Waals surface area contributed by atoms with Gasteiger partial charge in [0.25, 0.3) is 0 Å². The number of rotatable bonds is 4. The van der Waals surface area contributed by atoms with Crippen molar-refractivity contribution in [2.75, 3.05) is 13.2 Å². The second-order valence-corrected chi connectivity index (χ2v) is 7.84. The van der Waals surface area contributed by atoms with Gasteiger partial charge in [0.05, 0.1) is 11.1 Å². The van der Waals surface area contributed by atoms with Crippen molar-refractivity contribution >= 4 is 11.8 Å². The van der Waals surface area contributed by atoms with Gasteiger partial charge in [-0.15, -0.1) is 0 Å². The average molecular weight is 451 g/mol. The van der Waals surface area contributed by atoms with E-state index in [0.29, 0.717) is 36.8 Å². The Labute approximate surface area is 186 Å². The van der Waals surface area contributed by atoms with Crippen LogP contribution in [0.25, 0.3) is 0 Å². The fourth-order valence-corrected chi connectivity index (χ4v) is 2.55. The fourth-order valence-electron chi connectivity index (χ4n) is 2.55. The second kappa shape index (κ2) is 9.64. The van der Waals surface area contributed by atoms with Crippen molar-refractivity contribution < 1.29 is 52.8 Å². The number of nitrogens with zero attached hydrogens (tertiary/aromatic N) is 3. The summed E-state index contributed by atoms with van der Waals surface area (Å²) in [7, 11) is 0. The topological polar surface area (TPSA) is 56.1 Å². The molecule has 0 saturated carbocycles. The van der Waals surface area contributed by atoms with Crippen molar-refractivity contribution in [3.63, 3.8) is 0 Å². The first-order chi connectivity index (χ1) is 11.2. The first-order valence-electron chi connectivity index (χ1n) is 8.67. The minimum Gasteiger partial charge on any atom is -1.00 e. The van der Waals surface area contributed by atoms with E-state index < -0.39 is 0 Å². The molecule has 5 nitrogen and oxygen atoms in total. The van der Waals surface area contributed by atoms with E-state index >= 15 is 0 Å². The molecule has 8 heteroatoms. The van der Waals surface area contributed by atoms with E-state index in [2.05, 4.69) is 46.5 Å². The van der Waals surface area contributed by atoms with E-state index in [1.807, 2.05) is 18.2 Å². The number of aliphatic imine (C=N–C) groups is 2. The first-order valence-corrected chi connectivity index (χ1v) is 8.67. The van der Waals surface area contributed by atoms with Gasteiger partial charge in [-0.1, -0.05) is 33.8 Å². The molecule has 3 heterocycles. The molecule has 0 aromatic carbocycles. The number of hydrogen-bond donors (Lipinski definition) is 0. The van der Waals surface area contributed by atoms with E-state index in [1.54, 1.807) is 0 Å². The molecule has 2 atom stereocenters. The van der Waals surface area contributed by atoms with Crippen LogP contribution in [-0.2, 0) is 28.0 Å². The predicted octanol–water partition coefficient (Wildman–Crippen LogP) is -2.53. The summed E-state index contributed by atoms with van der Waals surface area (Å²) in [5.74, 6) is 2.04. The molecule has 149 valence electrons. The number of halogens is 2. The van der Waals surface area contributed by atoms with E-state index in [9.17, 15) is 0 Å². The smallest absolute Gasteiger partial charge is 1.00 e. The molecular weight excluding hydrogens is 424 g/mol. The van der Waals surface area contributed by atoms with Gasteiger partial charge in [0.15, 0.2) is 0 Å². The Morgan fingerprint density at radius 2 is 1.19 bits per heavy atom. The number of aromatic nitrogens is 1. The van der Waals surface area contributed by atoms with Crippen LogP contribution in [0.1, 0.15) is 52.9 Å². The van der Waals surface area contributed by atoms with Crippen LogP contribution in [-0.4, -0.2) is 41.1 Å². The van der Waals surface area contributed by atoms with Crippen molar-refractivity contribution in [3.05, 3.63) is 29.6 Å². The standard InChI is InChI=1S/C19H27N3O2.2ClH.V/c1-12(2)18(5)10-23-16(21-18)14-8-7-9-15(20-14)17-22-19(6,11-24-17)13(3)4;;;/h7-9,12-13H,10-11H2,1-6H3;2*1H;/q;;;+2/p-2/t18-,19-;;;/m1.../s1. The largest absolute Gasteiger partial charge is 2.00 e. The molecule has 1 aromatic heterocycles. The zero-order valence-electron chi connectivity index (χ0n) is 16.7. The molecule has 3 rings (SSSR count). The third kappa shape index (κ3) is 5.20.